The van der Waals surface area contributed by atoms with Gasteiger partial charge in [-0.2, -0.15) is 0 Å². The molecule has 5 nitrogen and oxygen atoms in total. The van der Waals surface area contributed by atoms with Gasteiger partial charge in [-0.1, -0.05) is 121 Å². The van der Waals surface area contributed by atoms with Gasteiger partial charge >= 0.3 is 21.0 Å². The number of Topliss-reactive ketones (excluding diaryl/α,β-unsaturated/α-hetero) is 4. The summed E-state index contributed by atoms with van der Waals surface area (Å²) in [7, 11) is 0. The first-order valence-electron chi connectivity index (χ1n) is 11.1. The van der Waals surface area contributed by atoms with Crippen LogP contribution in [0.4, 0.5) is 0 Å². The molecule has 4 aromatic carbocycles. The minimum absolute atomic E-state index is 0.0754. The first-order valence-corrected chi connectivity index (χ1v) is 11.6. The summed E-state index contributed by atoms with van der Waals surface area (Å²) in [6.45, 7) is 0. The Morgan fingerprint density at radius 3 is 0.694 bits per heavy atom. The van der Waals surface area contributed by atoms with E-state index in [4.69, 9.17) is 3.67 Å². The van der Waals surface area contributed by atoms with Crippen molar-refractivity contribution in [3.63, 3.8) is 0 Å². The van der Waals surface area contributed by atoms with Crippen molar-refractivity contribution < 1.29 is 40.2 Å². The fourth-order valence-corrected chi connectivity index (χ4v) is 3.20. The van der Waals surface area contributed by atoms with Crippen molar-refractivity contribution in [3.8, 4) is 0 Å². The van der Waals surface area contributed by atoms with Gasteiger partial charge in [0.2, 0.25) is 0 Å². The average molecular weight is 515 g/mol. The summed E-state index contributed by atoms with van der Waals surface area (Å²) >= 11 is 1.06. The van der Waals surface area contributed by atoms with Crippen molar-refractivity contribution in [1.82, 2.24) is 0 Å². The number of hydrogen-bond acceptors (Lipinski definition) is 5. The number of carbonyl (C=O) groups is 4. The van der Waals surface area contributed by atoms with E-state index in [9.17, 15) is 19.2 Å². The molecule has 0 amide bonds. The summed E-state index contributed by atoms with van der Waals surface area (Å²) in [5.74, 6) is -0.558. The van der Waals surface area contributed by atoms with Gasteiger partial charge in [0.1, 0.15) is 0 Å². The van der Waals surface area contributed by atoms with Crippen molar-refractivity contribution in [1.29, 1.82) is 0 Å². The predicted octanol–water partition coefficient (Wildman–Crippen LogP) is 6.16. The minimum atomic E-state index is -0.139. The molecule has 0 aliphatic heterocycles. The molecule has 6 heteroatoms. The molecule has 0 aliphatic rings. The molecular weight excluding hydrogens is 491 g/mol. The molecule has 0 saturated heterocycles. The molecular formula is C30H24O5V. The molecule has 4 aromatic rings. The Hall–Kier alpha value is -4.06. The van der Waals surface area contributed by atoms with Crippen molar-refractivity contribution in [3.05, 3.63) is 144 Å². The van der Waals surface area contributed by atoms with Crippen LogP contribution in [0.2, 0.25) is 0 Å². The van der Waals surface area contributed by atoms with Gasteiger partial charge in [0.05, 0.1) is 12.8 Å². The molecule has 0 bridgehead atoms. The summed E-state index contributed by atoms with van der Waals surface area (Å²) in [6, 6.07) is 35.5. The van der Waals surface area contributed by atoms with E-state index >= 15 is 0 Å². The summed E-state index contributed by atoms with van der Waals surface area (Å²) in [4.78, 5) is 47.2. The molecule has 36 heavy (non-hydrogen) atoms. The molecule has 0 saturated carbocycles. The van der Waals surface area contributed by atoms with Gasteiger partial charge in [0.25, 0.3) is 0 Å². The molecule has 0 spiro atoms. The second-order valence-electron chi connectivity index (χ2n) is 7.51. The van der Waals surface area contributed by atoms with Crippen LogP contribution in [0.25, 0.3) is 0 Å². The Morgan fingerprint density at radius 1 is 0.361 bits per heavy atom. The quantitative estimate of drug-likeness (QED) is 0.207. The van der Waals surface area contributed by atoms with Gasteiger partial charge in [-0.05, 0) is 0 Å². The van der Waals surface area contributed by atoms with E-state index in [0.29, 0.717) is 22.3 Å². The summed E-state index contributed by atoms with van der Waals surface area (Å²) in [5.41, 5.74) is 2.32. The number of ketones is 4. The Kier molecular flexibility index (Phi) is 12.3. The summed E-state index contributed by atoms with van der Waals surface area (Å²) in [6.07, 6.45) is -0.151. The zero-order valence-electron chi connectivity index (χ0n) is 19.4. The summed E-state index contributed by atoms with van der Waals surface area (Å²) < 4.78 is 8.19. The Bertz CT molecular complexity index is 1060. The Labute approximate surface area is 219 Å². The monoisotopic (exact) mass is 515 g/mol. The van der Waals surface area contributed by atoms with E-state index in [1.807, 2.05) is 24.3 Å². The van der Waals surface area contributed by atoms with Gasteiger partial charge in [-0.15, -0.1) is 0 Å². The third kappa shape index (κ3) is 9.30. The zero-order chi connectivity index (χ0) is 26.2. The maximum atomic E-state index is 11.8. The molecule has 0 atom stereocenters. The number of benzene rings is 4. The fraction of sp³-hybridized carbons (Fsp3) is 0.0667. The Morgan fingerprint density at radius 2 is 0.528 bits per heavy atom. The topological polar surface area (TPSA) is 85.3 Å². The van der Waals surface area contributed by atoms with Crippen LogP contribution in [0.15, 0.2) is 121 Å². The molecule has 0 aromatic heterocycles. The third-order valence-corrected chi connectivity index (χ3v) is 5.03. The van der Waals surface area contributed by atoms with Gasteiger partial charge in [0, 0.05) is 22.3 Å². The van der Waals surface area contributed by atoms with Gasteiger partial charge < -0.3 is 0 Å². The van der Waals surface area contributed by atoms with Crippen LogP contribution in [-0.4, -0.2) is 23.1 Å². The van der Waals surface area contributed by atoms with Crippen LogP contribution < -0.4 is 0 Å². The van der Waals surface area contributed by atoms with Gasteiger partial charge in [-0.3, -0.25) is 19.2 Å². The molecule has 0 radical (unpaired) electrons. The van der Waals surface area contributed by atoms with E-state index < -0.39 is 0 Å². The zero-order valence-corrected chi connectivity index (χ0v) is 20.8. The van der Waals surface area contributed by atoms with Crippen molar-refractivity contribution in [2.75, 3.05) is 0 Å². The predicted molar refractivity (Wildman–Crippen MR) is 133 cm³/mol. The SMILES string of the molecule is O=C(CC(=O)c1ccccc1)c1ccccc1.O=C(CC(=O)c1ccccc1)c1ccccc1.[O]=[V]. The fourth-order valence-electron chi connectivity index (χ4n) is 3.20. The van der Waals surface area contributed by atoms with E-state index in [0.717, 1.165) is 17.4 Å². The Balaban J connectivity index is 0.000000237. The van der Waals surface area contributed by atoms with Crippen LogP contribution in [-0.2, 0) is 21.0 Å². The molecule has 0 aliphatic carbocycles. The molecule has 0 unspecified atom stereocenters. The van der Waals surface area contributed by atoms with Gasteiger partial charge in [-0.25, -0.2) is 0 Å². The molecule has 0 fully saturated rings. The number of hydrogen-bond donors (Lipinski definition) is 0. The van der Waals surface area contributed by atoms with Crippen LogP contribution in [0.3, 0.4) is 0 Å². The normalized spacial score (nSPS) is 9.42. The first-order chi connectivity index (χ1) is 17.5. The number of rotatable bonds is 8. The second-order valence-corrected chi connectivity index (χ2v) is 7.51. The van der Waals surface area contributed by atoms with Gasteiger partial charge in [0.15, 0.2) is 23.1 Å². The van der Waals surface area contributed by atoms with Crippen LogP contribution in [0.1, 0.15) is 54.3 Å². The average Bonchev–Trinajstić information content (AvgIpc) is 2.96. The van der Waals surface area contributed by atoms with E-state index in [-0.39, 0.29) is 36.0 Å². The van der Waals surface area contributed by atoms with Crippen molar-refractivity contribution in [2.24, 2.45) is 0 Å². The molecule has 179 valence electrons. The summed E-state index contributed by atoms with van der Waals surface area (Å²) in [5, 5.41) is 0. The van der Waals surface area contributed by atoms with Crippen LogP contribution in [0, 0.1) is 0 Å². The second kappa shape index (κ2) is 15.8. The van der Waals surface area contributed by atoms with Crippen molar-refractivity contribution in [2.45, 2.75) is 12.8 Å². The molecule has 0 heterocycles. The first kappa shape index (κ1) is 28.2. The van der Waals surface area contributed by atoms with Crippen LogP contribution in [0.5, 0.6) is 0 Å². The molecule has 4 rings (SSSR count). The standard InChI is InChI=1S/2C15H12O2.O.V/c2*16-14(12-7-3-1-4-8-12)11-15(17)13-9-5-2-6-10-13;;/h2*1-10H,11H2;;. The number of carbonyl (C=O) groups excluding carboxylic acids is 4. The van der Waals surface area contributed by atoms with Crippen LogP contribution >= 0.6 is 0 Å². The van der Waals surface area contributed by atoms with E-state index in [1.165, 1.54) is 0 Å². The van der Waals surface area contributed by atoms with E-state index in [1.54, 1.807) is 97.1 Å². The molecule has 0 N–H and O–H groups in total. The van der Waals surface area contributed by atoms with E-state index in [2.05, 4.69) is 0 Å². The van der Waals surface area contributed by atoms with Crippen molar-refractivity contribution >= 4 is 23.1 Å². The third-order valence-electron chi connectivity index (χ3n) is 5.03. The maximum absolute atomic E-state index is 11.8.